The molecule has 0 bridgehead atoms. The molecule has 4 aliphatic carbocycles. The van der Waals surface area contributed by atoms with E-state index in [4.69, 9.17) is 46.3 Å². The predicted octanol–water partition coefficient (Wildman–Crippen LogP) is -3.48. The van der Waals surface area contributed by atoms with Crippen molar-refractivity contribution in [1.29, 1.82) is 0 Å². The van der Waals surface area contributed by atoms with E-state index in [-0.39, 0.29) is 42.4 Å². The van der Waals surface area contributed by atoms with E-state index in [0.717, 1.165) is 44.9 Å². The third-order valence-corrected chi connectivity index (χ3v) is 27.9. The average molecular weight is 2080 g/mol. The van der Waals surface area contributed by atoms with E-state index in [1.165, 1.54) is 0 Å². The van der Waals surface area contributed by atoms with E-state index in [2.05, 4.69) is 73.7 Å². The molecule has 60 nitrogen and oxygen atoms in total. The SMILES string of the molecule is CC(C)CCC[C@@H](C)[C@H]1CCC2C3CCC4C[C@@H](O[C@H]5O[C@H](COS(=O)(=O)O)[C@@H](OS(=O)(=O)O)[C@H](OS(=O)(=O)O)[C@@H]5O[C@H]5O[C@H](COS(=O)(=O)O)[C@@H](OS(=O)(=O)O)[C@H](O[C@H]6O[C@H](COS(=O)(=O)O)[C@@H](OS(=O)(=O)O)[C@H](O[C@H]7O[C@H](COS(=O)(=O)O)[C@@H](OS(=O)(=O)O)[C@H](OS(=O)(=O)O)[C@@H]7OS(=O)(=O)O)C6OS(=O)(=O)O)[C@@H]5OS(=O)(=O)O)CC[C@]4(C)C3CC[C@@]21C. The number of rotatable bonds is 43. The first-order chi connectivity index (χ1) is 55.9. The molecule has 0 aromatic carbocycles. The van der Waals surface area contributed by atoms with Crippen molar-refractivity contribution in [3.63, 3.8) is 0 Å². The lowest BCUT2D eigenvalue weighted by Crippen LogP contribution is -2.70. The van der Waals surface area contributed by atoms with Crippen LogP contribution in [0.2, 0.25) is 0 Å². The molecule has 0 aromatic rings. The molecule has 0 amide bonds. The van der Waals surface area contributed by atoms with Crippen LogP contribution in [0.4, 0.5) is 0 Å². The Morgan fingerprint density at radius 2 is 0.581 bits per heavy atom. The lowest BCUT2D eigenvalue weighted by molar-refractivity contribution is -0.386. The van der Waals surface area contributed by atoms with Gasteiger partial charge in [-0.1, -0.05) is 53.9 Å². The van der Waals surface area contributed by atoms with Gasteiger partial charge in [-0.25, -0.2) is 54.4 Å². The number of ether oxygens (including phenoxy) is 8. The van der Waals surface area contributed by atoms with Gasteiger partial charge in [-0.15, -0.1) is 0 Å². The lowest BCUT2D eigenvalue weighted by atomic mass is 9.44. The van der Waals surface area contributed by atoms with E-state index in [1.807, 2.05) is 6.92 Å². The van der Waals surface area contributed by atoms with Gasteiger partial charge in [0.2, 0.25) is 0 Å². The zero-order valence-electron chi connectivity index (χ0n) is 63.8. The van der Waals surface area contributed by atoms with Gasteiger partial charge < -0.3 is 37.9 Å². The maximum absolute atomic E-state index is 13.5. The highest BCUT2D eigenvalue weighted by molar-refractivity contribution is 7.83. The Bertz CT molecular complexity index is 5310. The molecule has 4 aliphatic heterocycles. The summed E-state index contributed by atoms with van der Waals surface area (Å²) in [5.74, 6) is 1.37. The topological polar surface area (TPSA) is 901 Å². The van der Waals surface area contributed by atoms with Crippen molar-refractivity contribution in [1.82, 2.24) is 0 Å². The Morgan fingerprint density at radius 3 is 0.911 bits per heavy atom. The molecule has 0 aromatic heterocycles. The minimum absolute atomic E-state index is 0.0336. The van der Waals surface area contributed by atoms with Gasteiger partial charge in [0.1, 0.15) is 79.4 Å². The van der Waals surface area contributed by atoms with Gasteiger partial charge in [0.15, 0.2) is 43.5 Å². The molecule has 124 heavy (non-hydrogen) atoms. The molecule has 5 unspecified atom stereocenters. The molecule has 4 saturated heterocycles. The summed E-state index contributed by atoms with van der Waals surface area (Å²) in [5, 5.41) is 0. The first-order valence-corrected chi connectivity index (χ1v) is 53.3. The molecule has 0 radical (unpaired) electrons. The largest absolute Gasteiger partial charge is 0.397 e. The van der Waals surface area contributed by atoms with Crippen molar-refractivity contribution < 1.29 is 261 Å². The summed E-state index contributed by atoms with van der Waals surface area (Å²) in [6.45, 7) is 2.10. The first kappa shape index (κ1) is 107. The fourth-order valence-electron chi connectivity index (χ4n) is 17.8. The molecule has 4 heterocycles. The summed E-state index contributed by atoms with van der Waals surface area (Å²) < 4.78 is 565. The molecule has 0 spiro atoms. The van der Waals surface area contributed by atoms with E-state index < -0.39 is 302 Å². The molecule has 8 rings (SSSR count). The van der Waals surface area contributed by atoms with Crippen molar-refractivity contribution in [3.05, 3.63) is 0 Å². The van der Waals surface area contributed by atoms with Crippen LogP contribution in [0.5, 0.6) is 0 Å². The van der Waals surface area contributed by atoms with Gasteiger partial charge in [0.25, 0.3) is 0 Å². The zero-order chi connectivity index (χ0) is 93.8. The first-order valence-electron chi connectivity index (χ1n) is 35.6. The second-order valence-electron chi connectivity index (χ2n) is 30.4. The third kappa shape index (κ3) is 31.8. The molecular formula is C51H88O60S13. The number of fused-ring (bicyclic) bond motifs is 5. The summed E-state index contributed by atoms with van der Waals surface area (Å²) in [6, 6.07) is 0. The van der Waals surface area contributed by atoms with Crippen LogP contribution in [0.3, 0.4) is 0 Å². The van der Waals surface area contributed by atoms with E-state index in [1.54, 1.807) is 0 Å². The zero-order valence-corrected chi connectivity index (χ0v) is 74.4. The van der Waals surface area contributed by atoms with E-state index in [9.17, 15) is 169 Å². The fraction of sp³-hybridized carbons (Fsp3) is 1.00. The van der Waals surface area contributed by atoms with Crippen LogP contribution in [0.15, 0.2) is 0 Å². The standard InChI is InChI=1S/C51H88O60S13/c1-22(2)7-6-8-23(3)27-11-12-28-26-10-9-24-17-25(13-15-50(24,4)29(26)14-16-51(27,28)5)95-46-42(40(107-120(76,77)78)36(105-118(70,71)72)32(96-46)20-93-114(58,59)60)102-48-44(110-123(85,86)87)39(35(104-117(67,68)69)31(98-48)19-92-113(55,56)57)100-47-43(109-122(82,83)84)38(34(103-116(64,65)66)30(97-47)18-91-112(52,53)54)101-49-45(111-124(88,89)90)41(108-121(79,80)81)37(106-119(73,74)75)33(99-49)21-94-115(61,62)63/h22-49H,6-21H2,1-5H3,(H,52,53,54)(H,55,56,57)(H,58,59,60)(H,61,62,63)(H,64,65,66)(H,67,68,69)(H,70,71,72)(H,73,74,75)(H,76,77,78)(H,79,80,81)(H,82,83,84)(H,85,86,87)(H,88,89,90)/t23-,24?,25+,26?,27-,28?,29?,30-,31-,32-,33-,34-,35-,36-,37-,38+,39+,40+,41+,42+,43?,44+,45+,46+,47-,48-,49-,50+,51-/m1/s1. The van der Waals surface area contributed by atoms with Crippen LogP contribution in [-0.2, 0) is 227 Å². The molecular weight excluding hydrogens is 1990 g/mol. The van der Waals surface area contributed by atoms with Crippen LogP contribution in [0.25, 0.3) is 0 Å². The van der Waals surface area contributed by atoms with Crippen molar-refractivity contribution in [2.75, 3.05) is 26.4 Å². The second-order valence-corrected chi connectivity index (χ2v) is 44.2. The van der Waals surface area contributed by atoms with Crippen LogP contribution >= 0.6 is 0 Å². The summed E-state index contributed by atoms with van der Waals surface area (Å²) in [4.78, 5) is 0. The van der Waals surface area contributed by atoms with Crippen molar-refractivity contribution in [3.8, 4) is 0 Å². The van der Waals surface area contributed by atoms with Crippen molar-refractivity contribution in [2.24, 2.45) is 52.3 Å². The summed E-state index contributed by atoms with van der Waals surface area (Å²) >= 11 is 0. The van der Waals surface area contributed by atoms with Gasteiger partial charge in [-0.2, -0.15) is 109 Å². The Labute approximate surface area is 710 Å². The minimum Gasteiger partial charge on any atom is -0.347 e. The number of hydrogen-bond acceptors (Lipinski definition) is 47. The van der Waals surface area contributed by atoms with Crippen LogP contribution in [0.1, 0.15) is 112 Å². The smallest absolute Gasteiger partial charge is 0.347 e. The molecule has 730 valence electrons. The van der Waals surface area contributed by atoms with Gasteiger partial charge in [0.05, 0.1) is 32.5 Å². The summed E-state index contributed by atoms with van der Waals surface area (Å²) in [7, 11) is -83.8. The number of hydrogen-bond donors (Lipinski definition) is 13. The molecule has 8 aliphatic rings. The van der Waals surface area contributed by atoms with Crippen LogP contribution in [0, 0.1) is 52.3 Å². The van der Waals surface area contributed by atoms with Crippen molar-refractivity contribution >= 4 is 135 Å². The lowest BCUT2D eigenvalue weighted by Gasteiger charge is -2.61. The fourth-order valence-corrected chi connectivity index (χ4v) is 23.6. The second kappa shape index (κ2) is 39.9. The minimum atomic E-state index is -6.88. The molecule has 29 atom stereocenters. The Hall–Kier alpha value is -2.01. The Morgan fingerprint density at radius 1 is 0.298 bits per heavy atom. The Kier molecular flexibility index (Phi) is 34.5. The highest BCUT2D eigenvalue weighted by Crippen LogP contribution is 2.69. The average Bonchev–Trinajstić information content (AvgIpc) is 1.19. The molecule has 8 fully saturated rings. The van der Waals surface area contributed by atoms with Crippen LogP contribution in [-0.4, -0.2) is 324 Å². The predicted molar refractivity (Wildman–Crippen MR) is 385 cm³/mol. The van der Waals surface area contributed by atoms with Crippen molar-refractivity contribution in [2.45, 2.75) is 241 Å². The summed E-state index contributed by atoms with van der Waals surface area (Å²) in [5.41, 5.74) is -0.609. The van der Waals surface area contributed by atoms with Gasteiger partial charge >= 0.3 is 135 Å². The van der Waals surface area contributed by atoms with Gasteiger partial charge in [-0.3, -0.25) is 59.2 Å². The van der Waals surface area contributed by atoms with E-state index in [0.29, 0.717) is 30.6 Å². The van der Waals surface area contributed by atoms with Gasteiger partial charge in [0, 0.05) is 0 Å². The highest BCUT2D eigenvalue weighted by Gasteiger charge is 2.66. The van der Waals surface area contributed by atoms with Crippen LogP contribution < -0.4 is 0 Å². The quantitative estimate of drug-likeness (QED) is 0.0208. The monoisotopic (exact) mass is 2080 g/mol. The van der Waals surface area contributed by atoms with Gasteiger partial charge in [-0.05, 0) is 110 Å². The molecule has 73 heteroatoms. The third-order valence-electron chi connectivity index (χ3n) is 22.0. The highest BCUT2D eigenvalue weighted by atomic mass is 32.3. The Balaban J connectivity index is 1.34. The molecule has 13 N–H and O–H groups in total. The maximum atomic E-state index is 13.5. The maximum Gasteiger partial charge on any atom is 0.397 e. The molecule has 4 saturated carbocycles. The van der Waals surface area contributed by atoms with E-state index >= 15 is 0 Å². The summed E-state index contributed by atoms with van der Waals surface area (Å²) in [6.07, 6.45) is -65.3. The normalized spacial score (nSPS) is 37.1.